The lowest BCUT2D eigenvalue weighted by Crippen LogP contribution is -2.51. The van der Waals surface area contributed by atoms with E-state index < -0.39 is 30.0 Å². The zero-order valence-corrected chi connectivity index (χ0v) is 18.1. The van der Waals surface area contributed by atoms with E-state index in [0.717, 1.165) is 0 Å². The van der Waals surface area contributed by atoms with Crippen LogP contribution in [0, 0.1) is 0 Å². The first-order valence-electron chi connectivity index (χ1n) is 9.49. The monoisotopic (exact) mass is 474 g/mol. The lowest BCUT2D eigenvalue weighted by Gasteiger charge is -2.28. The first-order chi connectivity index (χ1) is 15.2. The number of anilines is 1. The number of nitrogens with two attached hydrogens (primary N) is 2. The van der Waals surface area contributed by atoms with Crippen LogP contribution in [-0.4, -0.2) is 57.6 Å². The molecule has 1 aromatic heterocycles. The molecule has 0 amide bonds. The van der Waals surface area contributed by atoms with E-state index in [1.807, 2.05) is 0 Å². The second-order valence-electron chi connectivity index (χ2n) is 7.37. The van der Waals surface area contributed by atoms with E-state index in [1.165, 1.54) is 12.1 Å². The standard InChI is InChI=1S/C18H18N8O4S2/c19-18-24-12-3-1-2-11(15(12)25-18)10-4-5-13(31(27,28)9-6-21-7-9)16(32(20,29)30)14(10)17-22-8-23-26-17/h1-5,9,21H,6-8H2,(H3,19,24,25)(H2,20,29,30). The molecule has 0 aliphatic carbocycles. The Morgan fingerprint density at radius 3 is 2.44 bits per heavy atom. The van der Waals surface area contributed by atoms with Crippen molar-refractivity contribution in [1.29, 1.82) is 0 Å². The minimum Gasteiger partial charge on any atom is -0.369 e. The van der Waals surface area contributed by atoms with Crippen LogP contribution in [-0.2, 0) is 19.9 Å². The Morgan fingerprint density at radius 1 is 1.03 bits per heavy atom. The Hall–Kier alpha value is -3.20. The molecule has 0 atom stereocenters. The van der Waals surface area contributed by atoms with Gasteiger partial charge < -0.3 is 16.0 Å². The fraction of sp³-hybridized carbons (Fsp3) is 0.222. The predicted molar refractivity (Wildman–Crippen MR) is 117 cm³/mol. The molecule has 0 saturated carbocycles. The molecule has 3 heterocycles. The van der Waals surface area contributed by atoms with Crippen LogP contribution in [0.3, 0.4) is 0 Å². The second kappa shape index (κ2) is 7.16. The van der Waals surface area contributed by atoms with E-state index in [2.05, 4.69) is 30.5 Å². The van der Waals surface area contributed by atoms with Gasteiger partial charge >= 0.3 is 0 Å². The number of azo groups is 1. The highest BCUT2D eigenvalue weighted by Gasteiger charge is 2.39. The zero-order valence-electron chi connectivity index (χ0n) is 16.5. The smallest absolute Gasteiger partial charge is 0.240 e. The van der Waals surface area contributed by atoms with Crippen molar-refractivity contribution < 1.29 is 16.8 Å². The molecular weight excluding hydrogens is 456 g/mol. The van der Waals surface area contributed by atoms with Crippen molar-refractivity contribution in [3.63, 3.8) is 0 Å². The normalized spacial score (nSPS) is 17.0. The highest BCUT2D eigenvalue weighted by Crippen LogP contribution is 2.38. The SMILES string of the molecule is Nc1nc2c(-c3ccc(S(=O)(=O)C4CNC4)c(S(N)(=O)=O)c3C3=NCN=N3)cccc2[nH]1. The quantitative estimate of drug-likeness (QED) is 0.409. The topological polar surface area (TPSA) is 198 Å². The molecule has 32 heavy (non-hydrogen) atoms. The van der Waals surface area contributed by atoms with Gasteiger partial charge in [0, 0.05) is 18.7 Å². The van der Waals surface area contributed by atoms with Crippen LogP contribution in [0.2, 0.25) is 0 Å². The first-order valence-corrected chi connectivity index (χ1v) is 12.6. The number of aliphatic imine (C=N–C) groups is 1. The molecule has 6 N–H and O–H groups in total. The number of benzene rings is 2. The number of fused-ring (bicyclic) bond motifs is 1. The van der Waals surface area contributed by atoms with Gasteiger partial charge in [0.1, 0.15) is 4.90 Å². The van der Waals surface area contributed by atoms with Gasteiger partial charge in [-0.1, -0.05) is 18.2 Å². The summed E-state index contributed by atoms with van der Waals surface area (Å²) >= 11 is 0. The maximum Gasteiger partial charge on any atom is 0.240 e. The molecular formula is C18H18N8O4S2. The number of nitrogens with one attached hydrogen (secondary N) is 2. The van der Waals surface area contributed by atoms with Crippen LogP contribution >= 0.6 is 0 Å². The van der Waals surface area contributed by atoms with E-state index in [0.29, 0.717) is 22.2 Å². The highest BCUT2D eigenvalue weighted by atomic mass is 32.2. The average Bonchev–Trinajstić information content (AvgIpc) is 3.32. The number of hydrogen-bond donors (Lipinski definition) is 4. The number of rotatable bonds is 5. The number of amidine groups is 1. The number of imidazole rings is 1. The molecule has 1 saturated heterocycles. The summed E-state index contributed by atoms with van der Waals surface area (Å²) in [5.74, 6) is 0.156. The summed E-state index contributed by atoms with van der Waals surface area (Å²) in [7, 11) is -8.51. The van der Waals surface area contributed by atoms with Crippen molar-refractivity contribution in [1.82, 2.24) is 15.3 Å². The van der Waals surface area contributed by atoms with Gasteiger partial charge in [0.05, 0.1) is 26.7 Å². The summed E-state index contributed by atoms with van der Waals surface area (Å²) in [6.07, 6.45) is 0. The third-order valence-corrected chi connectivity index (χ3v) is 8.68. The first kappa shape index (κ1) is 20.7. The average molecular weight is 475 g/mol. The van der Waals surface area contributed by atoms with Gasteiger partial charge in [-0.3, -0.25) is 0 Å². The largest absolute Gasteiger partial charge is 0.369 e. The Kier molecular flexibility index (Phi) is 4.63. The molecule has 0 spiro atoms. The maximum absolute atomic E-state index is 13.2. The van der Waals surface area contributed by atoms with Crippen molar-refractivity contribution >= 4 is 42.7 Å². The molecule has 2 aliphatic heterocycles. The maximum atomic E-state index is 13.2. The van der Waals surface area contributed by atoms with Crippen LogP contribution in [0.1, 0.15) is 5.56 Å². The number of hydrogen-bond acceptors (Lipinski definition) is 10. The Bertz CT molecular complexity index is 1540. The van der Waals surface area contributed by atoms with Gasteiger partial charge in [-0.05, 0) is 17.7 Å². The lowest BCUT2D eigenvalue weighted by atomic mass is 9.97. The third kappa shape index (κ3) is 3.19. The van der Waals surface area contributed by atoms with Gasteiger partial charge in [0.25, 0.3) is 0 Å². The van der Waals surface area contributed by atoms with E-state index >= 15 is 0 Å². The van der Waals surface area contributed by atoms with Crippen molar-refractivity contribution in [3.8, 4) is 11.1 Å². The summed E-state index contributed by atoms with van der Waals surface area (Å²) in [6, 6.07) is 7.98. The van der Waals surface area contributed by atoms with Gasteiger partial charge in [0.15, 0.2) is 28.3 Å². The number of nitrogens with zero attached hydrogens (tertiary/aromatic N) is 4. The molecule has 12 nitrogen and oxygen atoms in total. The highest BCUT2D eigenvalue weighted by molar-refractivity contribution is 7.94. The molecule has 1 fully saturated rings. The number of sulfonamides is 1. The van der Waals surface area contributed by atoms with Gasteiger partial charge in [-0.25, -0.2) is 32.0 Å². The molecule has 0 unspecified atom stereocenters. The van der Waals surface area contributed by atoms with Crippen LogP contribution in [0.4, 0.5) is 5.95 Å². The Morgan fingerprint density at radius 2 is 1.81 bits per heavy atom. The van der Waals surface area contributed by atoms with Crippen LogP contribution < -0.4 is 16.2 Å². The third-order valence-electron chi connectivity index (χ3n) is 5.39. The Balaban J connectivity index is 1.90. The zero-order chi connectivity index (χ0) is 22.7. The van der Waals surface area contributed by atoms with Gasteiger partial charge in [-0.2, -0.15) is 5.11 Å². The number of para-hydroxylation sites is 1. The van der Waals surface area contributed by atoms with Gasteiger partial charge in [-0.15, -0.1) is 5.11 Å². The number of sulfone groups is 1. The number of nitrogen functional groups attached to an aromatic ring is 1. The number of H-pyrrole nitrogens is 1. The molecule has 2 aliphatic rings. The van der Waals surface area contributed by atoms with E-state index in [9.17, 15) is 16.8 Å². The van der Waals surface area contributed by atoms with Crippen molar-refractivity contribution in [2.24, 2.45) is 20.4 Å². The molecule has 0 bridgehead atoms. The molecule has 5 rings (SSSR count). The van der Waals surface area contributed by atoms with E-state index in [4.69, 9.17) is 10.9 Å². The van der Waals surface area contributed by atoms with Crippen LogP contribution in [0.15, 0.2) is 55.3 Å². The summed E-state index contributed by atoms with van der Waals surface area (Å²) in [5.41, 5.74) is 7.72. The van der Waals surface area contributed by atoms with Crippen molar-refractivity contribution in [2.75, 3.05) is 25.5 Å². The van der Waals surface area contributed by atoms with Crippen LogP contribution in [0.25, 0.3) is 22.2 Å². The minimum atomic E-state index is -4.52. The fourth-order valence-electron chi connectivity index (χ4n) is 3.80. The summed E-state index contributed by atoms with van der Waals surface area (Å²) in [6.45, 7) is 0.424. The Labute approximate surface area is 182 Å². The van der Waals surface area contributed by atoms with E-state index in [-0.39, 0.29) is 42.0 Å². The number of aromatic nitrogens is 2. The predicted octanol–water partition coefficient (Wildman–Crippen LogP) is 0.375. The molecule has 3 aromatic rings. The van der Waals surface area contributed by atoms with E-state index in [1.54, 1.807) is 18.2 Å². The minimum absolute atomic E-state index is 0.0120. The van der Waals surface area contributed by atoms with Crippen LogP contribution in [0.5, 0.6) is 0 Å². The molecule has 2 aromatic carbocycles. The summed E-state index contributed by atoms with van der Waals surface area (Å²) in [4.78, 5) is 10.4. The van der Waals surface area contributed by atoms with Crippen molar-refractivity contribution in [3.05, 3.63) is 35.9 Å². The molecule has 14 heteroatoms. The summed E-state index contributed by atoms with van der Waals surface area (Å²) < 4.78 is 52.0. The summed E-state index contributed by atoms with van der Waals surface area (Å²) in [5, 5.41) is 15.4. The lowest BCUT2D eigenvalue weighted by molar-refractivity contribution is 0.493. The fourth-order valence-corrected chi connectivity index (χ4v) is 6.99. The second-order valence-corrected chi connectivity index (χ2v) is 11.1. The van der Waals surface area contributed by atoms with Crippen molar-refractivity contribution in [2.45, 2.75) is 15.0 Å². The number of primary sulfonamides is 1. The molecule has 166 valence electrons. The number of aromatic amines is 1. The van der Waals surface area contributed by atoms with Gasteiger partial charge in [0.2, 0.25) is 10.0 Å². The molecule has 0 radical (unpaired) electrons.